The normalized spacial score (nSPS) is 33.8. The summed E-state index contributed by atoms with van der Waals surface area (Å²) in [6, 6.07) is 0.609. The second-order valence-corrected chi connectivity index (χ2v) is 3.73. The van der Waals surface area contributed by atoms with Crippen LogP contribution in [0.1, 0.15) is 20.8 Å². The first kappa shape index (κ1) is 9.01. The number of nitrogens with one attached hydrogen (secondary N) is 1. The first-order chi connectivity index (χ1) is 5.22. The molecule has 2 heteroatoms. The number of rotatable bonds is 1. The fraction of sp³-hybridized carbons (Fsp3) is 1.00. The maximum atomic E-state index is 5.48. The van der Waals surface area contributed by atoms with E-state index in [0.29, 0.717) is 12.0 Å². The van der Waals surface area contributed by atoms with E-state index in [2.05, 4.69) is 26.1 Å². The summed E-state index contributed by atoms with van der Waals surface area (Å²) < 4.78 is 5.48. The van der Waals surface area contributed by atoms with Crippen molar-refractivity contribution in [1.82, 2.24) is 5.32 Å². The molecule has 0 amide bonds. The standard InChI is InChI=1S/C9H19NO/c1-7(2)9-6-11-5-4-10-8(9)3/h7-10H,4-6H2,1-3H3. The summed E-state index contributed by atoms with van der Waals surface area (Å²) in [7, 11) is 0. The summed E-state index contributed by atoms with van der Waals surface area (Å²) >= 11 is 0. The van der Waals surface area contributed by atoms with Gasteiger partial charge in [-0.3, -0.25) is 0 Å². The Morgan fingerprint density at radius 3 is 2.82 bits per heavy atom. The van der Waals surface area contributed by atoms with Crippen LogP contribution in [0.15, 0.2) is 0 Å². The summed E-state index contributed by atoms with van der Waals surface area (Å²) in [6.07, 6.45) is 0. The van der Waals surface area contributed by atoms with E-state index < -0.39 is 0 Å². The minimum absolute atomic E-state index is 0.609. The average molecular weight is 157 g/mol. The Hall–Kier alpha value is -0.0800. The van der Waals surface area contributed by atoms with Crippen molar-refractivity contribution in [3.8, 4) is 0 Å². The number of hydrogen-bond donors (Lipinski definition) is 1. The third kappa shape index (κ3) is 2.46. The van der Waals surface area contributed by atoms with Crippen molar-refractivity contribution in [2.75, 3.05) is 19.8 Å². The summed E-state index contributed by atoms with van der Waals surface area (Å²) in [4.78, 5) is 0. The maximum Gasteiger partial charge on any atom is 0.0591 e. The van der Waals surface area contributed by atoms with Crippen molar-refractivity contribution >= 4 is 0 Å². The monoisotopic (exact) mass is 157 g/mol. The maximum absolute atomic E-state index is 5.48. The number of hydrogen-bond acceptors (Lipinski definition) is 2. The van der Waals surface area contributed by atoms with E-state index >= 15 is 0 Å². The molecule has 2 nitrogen and oxygen atoms in total. The highest BCUT2D eigenvalue weighted by Gasteiger charge is 2.22. The van der Waals surface area contributed by atoms with Gasteiger partial charge in [-0.05, 0) is 18.8 Å². The molecule has 11 heavy (non-hydrogen) atoms. The highest BCUT2D eigenvalue weighted by Crippen LogP contribution is 2.17. The van der Waals surface area contributed by atoms with Crippen LogP contribution >= 0.6 is 0 Å². The Bertz CT molecular complexity index is 114. The number of ether oxygens (including phenoxy) is 1. The SMILES string of the molecule is CC(C)C1COCCNC1C. The molecule has 1 saturated heterocycles. The Labute approximate surface area is 69.3 Å². The van der Waals surface area contributed by atoms with Gasteiger partial charge in [-0.2, -0.15) is 0 Å². The second-order valence-electron chi connectivity index (χ2n) is 3.73. The molecule has 0 radical (unpaired) electrons. The van der Waals surface area contributed by atoms with Crippen molar-refractivity contribution in [3.05, 3.63) is 0 Å². The van der Waals surface area contributed by atoms with Gasteiger partial charge in [-0.15, -0.1) is 0 Å². The summed E-state index contributed by atoms with van der Waals surface area (Å²) in [5, 5.41) is 3.45. The fourth-order valence-corrected chi connectivity index (χ4v) is 1.64. The molecular formula is C9H19NO. The van der Waals surface area contributed by atoms with Crippen LogP contribution in [0.4, 0.5) is 0 Å². The van der Waals surface area contributed by atoms with E-state index in [0.717, 1.165) is 25.7 Å². The van der Waals surface area contributed by atoms with E-state index in [9.17, 15) is 0 Å². The first-order valence-corrected chi connectivity index (χ1v) is 4.53. The van der Waals surface area contributed by atoms with Crippen LogP contribution in [-0.2, 0) is 4.74 Å². The third-order valence-electron chi connectivity index (χ3n) is 2.52. The van der Waals surface area contributed by atoms with Crippen molar-refractivity contribution in [1.29, 1.82) is 0 Å². The molecule has 2 unspecified atom stereocenters. The van der Waals surface area contributed by atoms with Gasteiger partial charge >= 0.3 is 0 Å². The third-order valence-corrected chi connectivity index (χ3v) is 2.52. The van der Waals surface area contributed by atoms with Crippen LogP contribution in [-0.4, -0.2) is 25.8 Å². The lowest BCUT2D eigenvalue weighted by atomic mass is 9.90. The van der Waals surface area contributed by atoms with E-state index in [1.165, 1.54) is 0 Å². The summed E-state index contributed by atoms with van der Waals surface area (Å²) in [5.41, 5.74) is 0. The predicted molar refractivity (Wildman–Crippen MR) is 46.6 cm³/mol. The van der Waals surface area contributed by atoms with Gasteiger partial charge in [0.05, 0.1) is 13.2 Å². The highest BCUT2D eigenvalue weighted by molar-refractivity contribution is 4.76. The largest absolute Gasteiger partial charge is 0.380 e. The highest BCUT2D eigenvalue weighted by atomic mass is 16.5. The molecule has 1 N–H and O–H groups in total. The smallest absolute Gasteiger partial charge is 0.0591 e. The van der Waals surface area contributed by atoms with Gasteiger partial charge < -0.3 is 10.1 Å². The van der Waals surface area contributed by atoms with Gasteiger partial charge in [0.25, 0.3) is 0 Å². The predicted octanol–water partition coefficient (Wildman–Crippen LogP) is 1.27. The molecule has 0 saturated carbocycles. The first-order valence-electron chi connectivity index (χ1n) is 4.53. The lowest BCUT2D eigenvalue weighted by Gasteiger charge is -2.24. The molecule has 1 aliphatic heterocycles. The molecule has 0 aromatic heterocycles. The van der Waals surface area contributed by atoms with Crippen molar-refractivity contribution in [2.24, 2.45) is 11.8 Å². The Morgan fingerprint density at radius 1 is 1.45 bits per heavy atom. The molecule has 1 heterocycles. The van der Waals surface area contributed by atoms with Gasteiger partial charge in [0.1, 0.15) is 0 Å². The Morgan fingerprint density at radius 2 is 2.18 bits per heavy atom. The van der Waals surface area contributed by atoms with E-state index in [1.54, 1.807) is 0 Å². The van der Waals surface area contributed by atoms with Crippen molar-refractivity contribution in [2.45, 2.75) is 26.8 Å². The lowest BCUT2D eigenvalue weighted by molar-refractivity contribution is 0.0997. The van der Waals surface area contributed by atoms with Crippen LogP contribution < -0.4 is 5.32 Å². The minimum Gasteiger partial charge on any atom is -0.380 e. The Balaban J connectivity index is 2.45. The van der Waals surface area contributed by atoms with Crippen LogP contribution in [0.3, 0.4) is 0 Å². The minimum atomic E-state index is 0.609. The van der Waals surface area contributed by atoms with Crippen LogP contribution in [0, 0.1) is 11.8 Å². The molecule has 0 aromatic rings. The van der Waals surface area contributed by atoms with Gasteiger partial charge in [-0.1, -0.05) is 13.8 Å². The molecule has 0 aromatic carbocycles. The van der Waals surface area contributed by atoms with Crippen molar-refractivity contribution in [3.63, 3.8) is 0 Å². The van der Waals surface area contributed by atoms with E-state index in [4.69, 9.17) is 4.74 Å². The fourth-order valence-electron chi connectivity index (χ4n) is 1.64. The van der Waals surface area contributed by atoms with E-state index in [1.807, 2.05) is 0 Å². The lowest BCUT2D eigenvalue weighted by Crippen LogP contribution is -2.36. The zero-order chi connectivity index (χ0) is 8.27. The molecule has 1 fully saturated rings. The van der Waals surface area contributed by atoms with Gasteiger partial charge in [0.15, 0.2) is 0 Å². The quantitative estimate of drug-likeness (QED) is 0.619. The molecule has 0 aliphatic carbocycles. The summed E-state index contributed by atoms with van der Waals surface area (Å²) in [5.74, 6) is 1.40. The molecule has 0 spiro atoms. The summed E-state index contributed by atoms with van der Waals surface area (Å²) in [6.45, 7) is 9.57. The van der Waals surface area contributed by atoms with Crippen LogP contribution in [0.5, 0.6) is 0 Å². The zero-order valence-electron chi connectivity index (χ0n) is 7.76. The molecule has 2 atom stereocenters. The molecule has 1 rings (SSSR count). The molecular weight excluding hydrogens is 138 g/mol. The van der Waals surface area contributed by atoms with E-state index in [-0.39, 0.29) is 0 Å². The topological polar surface area (TPSA) is 21.3 Å². The molecule has 1 aliphatic rings. The van der Waals surface area contributed by atoms with Crippen LogP contribution in [0.25, 0.3) is 0 Å². The van der Waals surface area contributed by atoms with Crippen LogP contribution in [0.2, 0.25) is 0 Å². The van der Waals surface area contributed by atoms with Gasteiger partial charge in [0, 0.05) is 12.6 Å². The average Bonchev–Trinajstić information content (AvgIpc) is 2.13. The zero-order valence-corrected chi connectivity index (χ0v) is 7.76. The second kappa shape index (κ2) is 4.07. The van der Waals surface area contributed by atoms with Gasteiger partial charge in [-0.25, -0.2) is 0 Å². The molecule has 66 valence electrons. The van der Waals surface area contributed by atoms with Crippen molar-refractivity contribution < 1.29 is 4.74 Å². The van der Waals surface area contributed by atoms with Gasteiger partial charge in [0.2, 0.25) is 0 Å². The molecule has 0 bridgehead atoms. The Kier molecular flexibility index (Phi) is 3.34.